The number of hydrogen-bond donors (Lipinski definition) is 6. The molecule has 54 heavy (non-hydrogen) atoms. The van der Waals surface area contributed by atoms with Gasteiger partial charge >= 0.3 is 6.03 Å². The van der Waals surface area contributed by atoms with E-state index in [4.69, 9.17) is 11.5 Å². The molecule has 15 heteroatoms. The fourth-order valence-electron chi connectivity index (χ4n) is 7.10. The summed E-state index contributed by atoms with van der Waals surface area (Å²) in [6.45, 7) is 3.07. The lowest BCUT2D eigenvalue weighted by Crippen LogP contribution is -2.72. The molecule has 0 bridgehead atoms. The van der Waals surface area contributed by atoms with Gasteiger partial charge in [0.1, 0.15) is 18.1 Å². The van der Waals surface area contributed by atoms with E-state index >= 15 is 8.78 Å². The van der Waals surface area contributed by atoms with Crippen LogP contribution in [0.3, 0.4) is 0 Å². The Kier molecular flexibility index (Phi) is 14.9. The van der Waals surface area contributed by atoms with Crippen molar-refractivity contribution in [3.8, 4) is 0 Å². The summed E-state index contributed by atoms with van der Waals surface area (Å²) in [6.07, 6.45) is 1.74. The average molecular weight is 755 g/mol. The van der Waals surface area contributed by atoms with Crippen molar-refractivity contribution in [3.63, 3.8) is 0 Å². The Morgan fingerprint density at radius 1 is 0.759 bits per heavy atom. The maximum absolute atomic E-state index is 15.6. The smallest absolute Gasteiger partial charge is 0.317 e. The minimum Gasteiger partial charge on any atom is -0.343 e. The van der Waals surface area contributed by atoms with Crippen molar-refractivity contribution in [2.75, 3.05) is 39.8 Å². The number of unbranched alkanes of at least 4 members (excludes halogenated alkanes) is 1. The first-order chi connectivity index (χ1) is 25.7. The third-order valence-corrected chi connectivity index (χ3v) is 10.3. The highest BCUT2D eigenvalue weighted by molar-refractivity contribution is 5.95. The minimum atomic E-state index is -3.26. The van der Waals surface area contributed by atoms with Gasteiger partial charge in [0.15, 0.2) is 0 Å². The molecule has 2 aliphatic rings. The molecular formula is C39H56F2N8O5. The quantitative estimate of drug-likeness (QED) is 0.133. The molecule has 0 aliphatic carbocycles. The number of carbonyl (C=O) groups excluding carboxylic acids is 5. The lowest BCUT2D eigenvalue weighted by molar-refractivity contribution is -0.215. The summed E-state index contributed by atoms with van der Waals surface area (Å²) in [6, 6.07) is 13.7. The summed E-state index contributed by atoms with van der Waals surface area (Å²) >= 11 is 0. The molecule has 2 aromatic rings. The molecule has 8 N–H and O–H groups in total. The summed E-state index contributed by atoms with van der Waals surface area (Å²) < 4.78 is 31.3. The van der Waals surface area contributed by atoms with Crippen LogP contribution in [0.5, 0.6) is 0 Å². The van der Waals surface area contributed by atoms with Gasteiger partial charge in [-0.1, -0.05) is 74.5 Å². The number of rotatable bonds is 17. The second-order valence-corrected chi connectivity index (χ2v) is 15.0. The molecule has 4 rings (SSSR count). The molecule has 2 aliphatic heterocycles. The van der Waals surface area contributed by atoms with Crippen LogP contribution >= 0.6 is 0 Å². The predicted octanol–water partition coefficient (Wildman–Crippen LogP) is 1.94. The van der Waals surface area contributed by atoms with Gasteiger partial charge in [0.2, 0.25) is 23.6 Å². The number of urea groups is 1. The highest BCUT2D eigenvalue weighted by Gasteiger charge is 2.64. The zero-order valence-electron chi connectivity index (χ0n) is 31.5. The van der Waals surface area contributed by atoms with Crippen LogP contribution in [0, 0.1) is 11.3 Å². The number of nitrogens with two attached hydrogens (primary N) is 2. The summed E-state index contributed by atoms with van der Waals surface area (Å²) in [7, 11) is 1.44. The maximum atomic E-state index is 15.6. The van der Waals surface area contributed by atoms with Crippen LogP contribution in [0.1, 0.15) is 57.1 Å². The van der Waals surface area contributed by atoms with E-state index in [9.17, 15) is 24.0 Å². The van der Waals surface area contributed by atoms with Gasteiger partial charge in [0.05, 0.1) is 18.0 Å². The van der Waals surface area contributed by atoms with Gasteiger partial charge in [-0.3, -0.25) is 19.2 Å². The molecule has 4 unspecified atom stereocenters. The highest BCUT2D eigenvalue weighted by Crippen LogP contribution is 2.50. The van der Waals surface area contributed by atoms with Crippen molar-refractivity contribution in [1.29, 1.82) is 0 Å². The fraction of sp³-hybridized carbons (Fsp3) is 0.564. The van der Waals surface area contributed by atoms with Crippen LogP contribution in [0.25, 0.3) is 0 Å². The van der Waals surface area contributed by atoms with Gasteiger partial charge < -0.3 is 42.5 Å². The second-order valence-electron chi connectivity index (χ2n) is 15.0. The standard InChI is InChI=1S/C39H56F2N8O5/c1-26(2)20-31(47-35(52)32(22-28-14-8-5-9-15-28)46-33(50)29(43)21-27-12-6-4-7-13-27)34(51)45-30(16-10-11-18-42)36(53)48-19-17-38(39(40,41)25-48)23-49(24-38)37(54)44-3/h4-9,12-15,26,29-32H,10-11,16-25,42-43H2,1-3H3,(H,44,54)(H,45,51)(H,46,50)(H,47,52). The van der Waals surface area contributed by atoms with Gasteiger partial charge in [-0.25, -0.2) is 13.6 Å². The van der Waals surface area contributed by atoms with Crippen molar-refractivity contribution in [3.05, 3.63) is 71.8 Å². The summed E-state index contributed by atoms with van der Waals surface area (Å²) in [5.74, 6) is -5.76. The number of nitrogens with zero attached hydrogens (tertiary/aromatic N) is 2. The van der Waals surface area contributed by atoms with Crippen molar-refractivity contribution in [2.45, 2.75) is 88.9 Å². The average Bonchev–Trinajstić information content (AvgIpc) is 3.12. The largest absolute Gasteiger partial charge is 0.343 e. The Hall–Kier alpha value is -4.63. The van der Waals surface area contributed by atoms with E-state index in [2.05, 4.69) is 21.3 Å². The lowest BCUT2D eigenvalue weighted by atomic mass is 9.69. The predicted molar refractivity (Wildman–Crippen MR) is 201 cm³/mol. The SMILES string of the molecule is CNC(=O)N1CC2(CCN(C(=O)C(CCCCN)NC(=O)C(CC(C)C)NC(=O)C(Cc3ccccc3)NC(=O)C(N)Cc3ccccc3)CC2(F)F)C1. The number of hydrogen-bond acceptors (Lipinski definition) is 7. The Balaban J connectivity index is 1.48. The van der Waals surface area contributed by atoms with Gasteiger partial charge in [-0.05, 0) is 62.1 Å². The summed E-state index contributed by atoms with van der Waals surface area (Å²) in [5.41, 5.74) is 12.2. The highest BCUT2D eigenvalue weighted by atomic mass is 19.3. The number of benzene rings is 2. The molecular weight excluding hydrogens is 698 g/mol. The van der Waals surface area contributed by atoms with E-state index in [1.54, 1.807) is 0 Å². The molecule has 0 aromatic heterocycles. The Morgan fingerprint density at radius 3 is 1.87 bits per heavy atom. The molecule has 4 atom stereocenters. The van der Waals surface area contributed by atoms with E-state index in [0.29, 0.717) is 19.4 Å². The van der Waals surface area contributed by atoms with Gasteiger partial charge in [0.25, 0.3) is 5.92 Å². The maximum Gasteiger partial charge on any atom is 0.317 e. The van der Waals surface area contributed by atoms with Crippen LogP contribution in [0.15, 0.2) is 60.7 Å². The van der Waals surface area contributed by atoms with Crippen LogP contribution in [-0.4, -0.2) is 109 Å². The number of amides is 6. The second kappa shape index (κ2) is 19.1. The van der Waals surface area contributed by atoms with Crippen LogP contribution in [-0.2, 0) is 32.0 Å². The Morgan fingerprint density at radius 2 is 1.31 bits per heavy atom. The van der Waals surface area contributed by atoms with Crippen molar-refractivity contribution >= 4 is 29.7 Å². The normalized spacial score (nSPS) is 18.1. The van der Waals surface area contributed by atoms with Crippen LogP contribution in [0.2, 0.25) is 0 Å². The molecule has 0 radical (unpaired) electrons. The van der Waals surface area contributed by atoms with E-state index in [0.717, 1.165) is 16.0 Å². The van der Waals surface area contributed by atoms with Gasteiger partial charge in [-0.15, -0.1) is 0 Å². The third kappa shape index (κ3) is 11.0. The first-order valence-corrected chi connectivity index (χ1v) is 18.8. The number of carbonyl (C=O) groups is 5. The first-order valence-electron chi connectivity index (χ1n) is 18.8. The summed E-state index contributed by atoms with van der Waals surface area (Å²) in [4.78, 5) is 69.4. The molecule has 0 saturated carbocycles. The number of nitrogens with one attached hydrogen (secondary N) is 4. The minimum absolute atomic E-state index is 0.00172. The number of alkyl halides is 2. The number of piperidine rings is 1. The van der Waals surface area contributed by atoms with Crippen molar-refractivity contribution < 1.29 is 32.8 Å². The zero-order chi connectivity index (χ0) is 39.5. The molecule has 296 valence electrons. The van der Waals surface area contributed by atoms with Crippen LogP contribution < -0.4 is 32.7 Å². The van der Waals surface area contributed by atoms with E-state index in [-0.39, 0.29) is 57.7 Å². The lowest BCUT2D eigenvalue weighted by Gasteiger charge is -2.57. The molecule has 6 amide bonds. The summed E-state index contributed by atoms with van der Waals surface area (Å²) in [5, 5.41) is 10.8. The van der Waals surface area contributed by atoms with Crippen molar-refractivity contribution in [2.24, 2.45) is 22.8 Å². The third-order valence-electron chi connectivity index (χ3n) is 10.3. The first kappa shape index (κ1) is 42.1. The number of halogens is 2. The van der Waals surface area contributed by atoms with Crippen molar-refractivity contribution in [1.82, 2.24) is 31.1 Å². The topological polar surface area (TPSA) is 192 Å². The number of likely N-dealkylation sites (tertiary alicyclic amines) is 2. The molecule has 2 saturated heterocycles. The molecule has 2 heterocycles. The van der Waals surface area contributed by atoms with E-state index in [1.165, 1.54) is 11.9 Å². The monoisotopic (exact) mass is 754 g/mol. The molecule has 1 spiro atoms. The fourth-order valence-corrected chi connectivity index (χ4v) is 7.10. The van der Waals surface area contributed by atoms with Crippen LogP contribution in [0.4, 0.5) is 13.6 Å². The van der Waals surface area contributed by atoms with E-state index in [1.807, 2.05) is 74.5 Å². The van der Waals surface area contributed by atoms with Gasteiger partial charge in [-0.2, -0.15) is 0 Å². The Bertz CT molecular complexity index is 1580. The molecule has 2 fully saturated rings. The Labute approximate surface area is 316 Å². The van der Waals surface area contributed by atoms with E-state index < -0.39 is 71.7 Å². The molecule has 2 aromatic carbocycles. The molecule has 13 nitrogen and oxygen atoms in total. The zero-order valence-corrected chi connectivity index (χ0v) is 31.5. The van der Waals surface area contributed by atoms with Gasteiger partial charge in [0, 0.05) is 33.1 Å².